The molecule has 0 atom stereocenters. The average Bonchev–Trinajstić information content (AvgIpc) is 2.79. The van der Waals surface area contributed by atoms with E-state index < -0.39 is 5.97 Å². The summed E-state index contributed by atoms with van der Waals surface area (Å²) in [5, 5.41) is 9.54. The number of benzene rings is 4. The highest BCUT2D eigenvalue weighted by Gasteiger charge is 2.10. The summed E-state index contributed by atoms with van der Waals surface area (Å²) < 4.78 is 19.0. The van der Waals surface area contributed by atoms with Gasteiger partial charge in [0.25, 0.3) is 0 Å². The maximum atomic E-state index is 13.2. The zero-order valence-electron chi connectivity index (χ0n) is 16.5. The number of rotatable bonds is 6. The van der Waals surface area contributed by atoms with Crippen LogP contribution in [0.25, 0.3) is 23.3 Å². The second kappa shape index (κ2) is 9.09. The number of carbonyl (C=O) groups is 1. The van der Waals surface area contributed by atoms with E-state index in [2.05, 4.69) is 0 Å². The Morgan fingerprint density at radius 3 is 2.06 bits per heavy atom. The van der Waals surface area contributed by atoms with Crippen molar-refractivity contribution in [2.45, 2.75) is 0 Å². The van der Waals surface area contributed by atoms with Gasteiger partial charge < -0.3 is 9.84 Å². The Kier molecular flexibility index (Phi) is 5.90. The van der Waals surface area contributed by atoms with Crippen LogP contribution in [0.4, 0.5) is 4.39 Å². The Labute approximate surface area is 179 Å². The fraction of sp³-hybridized carbons (Fsp3) is 0. The first-order valence-electron chi connectivity index (χ1n) is 9.73. The first-order valence-corrected chi connectivity index (χ1v) is 9.73. The third-order valence-electron chi connectivity index (χ3n) is 4.77. The van der Waals surface area contributed by atoms with Crippen LogP contribution in [0.3, 0.4) is 0 Å². The van der Waals surface area contributed by atoms with E-state index in [9.17, 15) is 14.3 Å². The van der Waals surface area contributed by atoms with Gasteiger partial charge in [-0.2, -0.15) is 0 Å². The molecule has 0 saturated heterocycles. The van der Waals surface area contributed by atoms with Gasteiger partial charge in [-0.1, -0.05) is 60.7 Å². The van der Waals surface area contributed by atoms with Crippen LogP contribution in [0.2, 0.25) is 0 Å². The molecule has 0 heterocycles. The summed E-state index contributed by atoms with van der Waals surface area (Å²) in [7, 11) is 0. The van der Waals surface area contributed by atoms with E-state index in [1.54, 1.807) is 36.4 Å². The fourth-order valence-electron chi connectivity index (χ4n) is 3.17. The van der Waals surface area contributed by atoms with Crippen molar-refractivity contribution < 1.29 is 19.0 Å². The minimum atomic E-state index is -1.00. The molecule has 0 aromatic heterocycles. The topological polar surface area (TPSA) is 46.5 Å². The smallest absolute Gasteiger partial charge is 0.336 e. The number of hydrogen-bond donors (Lipinski definition) is 1. The lowest BCUT2D eigenvalue weighted by Gasteiger charge is -2.07. The molecule has 4 aromatic rings. The monoisotopic (exact) mass is 410 g/mol. The Morgan fingerprint density at radius 1 is 0.742 bits per heavy atom. The Morgan fingerprint density at radius 2 is 1.39 bits per heavy atom. The summed E-state index contributed by atoms with van der Waals surface area (Å²) >= 11 is 0. The number of halogens is 1. The van der Waals surface area contributed by atoms with Gasteiger partial charge in [0.05, 0.1) is 5.56 Å². The van der Waals surface area contributed by atoms with E-state index >= 15 is 0 Å². The lowest BCUT2D eigenvalue weighted by Crippen LogP contribution is -1.99. The quantitative estimate of drug-likeness (QED) is 0.343. The molecular weight excluding hydrogens is 391 g/mol. The maximum Gasteiger partial charge on any atom is 0.336 e. The minimum absolute atomic E-state index is 0.200. The third kappa shape index (κ3) is 5.06. The van der Waals surface area contributed by atoms with Crippen LogP contribution in [-0.2, 0) is 0 Å². The Bertz CT molecular complexity index is 1210. The highest BCUT2D eigenvalue weighted by atomic mass is 19.1. The normalized spacial score (nSPS) is 10.9. The second-order valence-corrected chi connectivity index (χ2v) is 6.93. The van der Waals surface area contributed by atoms with Crippen molar-refractivity contribution in [2.24, 2.45) is 0 Å². The summed E-state index contributed by atoms with van der Waals surface area (Å²) in [4.78, 5) is 11.6. The lowest BCUT2D eigenvalue weighted by molar-refractivity contribution is 0.0696. The predicted molar refractivity (Wildman–Crippen MR) is 121 cm³/mol. The summed E-state index contributed by atoms with van der Waals surface area (Å²) in [6.45, 7) is 0. The van der Waals surface area contributed by atoms with E-state index in [-0.39, 0.29) is 11.4 Å². The zero-order chi connectivity index (χ0) is 21.6. The first-order chi connectivity index (χ1) is 15.1. The lowest BCUT2D eigenvalue weighted by atomic mass is 9.98. The molecule has 4 rings (SSSR count). The molecule has 0 saturated carbocycles. The van der Waals surface area contributed by atoms with Gasteiger partial charge in [-0.3, -0.25) is 0 Å². The molecule has 0 bridgehead atoms. The van der Waals surface area contributed by atoms with Crippen molar-refractivity contribution >= 4 is 18.1 Å². The van der Waals surface area contributed by atoms with Crippen molar-refractivity contribution in [1.29, 1.82) is 0 Å². The number of aromatic carboxylic acids is 1. The molecule has 3 nitrogen and oxygen atoms in total. The summed E-state index contributed by atoms with van der Waals surface area (Å²) in [5.41, 5.74) is 3.31. The molecule has 152 valence electrons. The number of carboxylic acids is 1. The number of hydrogen-bond acceptors (Lipinski definition) is 2. The summed E-state index contributed by atoms with van der Waals surface area (Å²) in [6, 6.07) is 28.2. The van der Waals surface area contributed by atoms with Crippen LogP contribution in [0, 0.1) is 5.82 Å². The minimum Gasteiger partial charge on any atom is -0.478 e. The number of ether oxygens (including phenoxy) is 1. The van der Waals surface area contributed by atoms with E-state index in [4.69, 9.17) is 4.74 Å². The van der Waals surface area contributed by atoms with Crippen molar-refractivity contribution in [3.63, 3.8) is 0 Å². The van der Waals surface area contributed by atoms with Gasteiger partial charge in [-0.25, -0.2) is 9.18 Å². The molecular formula is C27H19FO3. The van der Waals surface area contributed by atoms with Crippen LogP contribution in [-0.4, -0.2) is 11.1 Å². The molecule has 0 aliphatic carbocycles. The van der Waals surface area contributed by atoms with Crippen molar-refractivity contribution in [2.75, 3.05) is 0 Å². The largest absolute Gasteiger partial charge is 0.478 e. The van der Waals surface area contributed by atoms with Gasteiger partial charge in [0.15, 0.2) is 0 Å². The molecule has 0 spiro atoms. The predicted octanol–water partition coefficient (Wildman–Crippen LogP) is 7.15. The van der Waals surface area contributed by atoms with Gasteiger partial charge in [0, 0.05) is 0 Å². The molecule has 31 heavy (non-hydrogen) atoms. The molecule has 0 aliphatic rings. The van der Waals surface area contributed by atoms with Crippen molar-refractivity contribution in [1.82, 2.24) is 0 Å². The first kappa shape index (κ1) is 20.1. The fourth-order valence-corrected chi connectivity index (χ4v) is 3.17. The zero-order valence-corrected chi connectivity index (χ0v) is 16.5. The third-order valence-corrected chi connectivity index (χ3v) is 4.77. The number of para-hydroxylation sites is 1. The standard InChI is InChI=1S/C27H19FO3/c28-23-13-10-20(11-14-23)21-12-17-26(27(29)30)22(18-21)9-6-19-7-15-25(16-8-19)31-24-4-2-1-3-5-24/h1-18H,(H,29,30)/b9-6+. The molecule has 0 radical (unpaired) electrons. The highest BCUT2D eigenvalue weighted by molar-refractivity contribution is 5.94. The summed E-state index contributed by atoms with van der Waals surface area (Å²) in [6.07, 6.45) is 3.62. The van der Waals surface area contributed by atoms with E-state index in [1.165, 1.54) is 12.1 Å². The number of carboxylic acid groups (broad SMARTS) is 1. The van der Waals surface area contributed by atoms with Crippen LogP contribution >= 0.6 is 0 Å². The second-order valence-electron chi connectivity index (χ2n) is 6.93. The van der Waals surface area contributed by atoms with Gasteiger partial charge in [0.2, 0.25) is 0 Å². The molecule has 4 aromatic carbocycles. The Hall–Kier alpha value is -4.18. The van der Waals surface area contributed by atoms with Gasteiger partial charge >= 0.3 is 5.97 Å². The van der Waals surface area contributed by atoms with Crippen LogP contribution in [0.1, 0.15) is 21.5 Å². The molecule has 4 heteroatoms. The van der Waals surface area contributed by atoms with E-state index in [0.29, 0.717) is 11.3 Å². The highest BCUT2D eigenvalue weighted by Crippen LogP contribution is 2.25. The molecule has 1 N–H and O–H groups in total. The van der Waals surface area contributed by atoms with Crippen LogP contribution < -0.4 is 4.74 Å². The Balaban J connectivity index is 1.57. The maximum absolute atomic E-state index is 13.2. The van der Waals surface area contributed by atoms with Gasteiger partial charge in [0.1, 0.15) is 17.3 Å². The summed E-state index contributed by atoms with van der Waals surface area (Å²) in [5.74, 6) is 0.157. The molecule has 0 unspecified atom stereocenters. The molecule has 0 amide bonds. The van der Waals surface area contributed by atoms with Crippen LogP contribution in [0.15, 0.2) is 97.1 Å². The van der Waals surface area contributed by atoms with Gasteiger partial charge in [-0.15, -0.1) is 0 Å². The SMILES string of the molecule is O=C(O)c1ccc(-c2ccc(F)cc2)cc1/C=C/c1ccc(Oc2ccccc2)cc1. The molecule has 0 fully saturated rings. The average molecular weight is 410 g/mol. The van der Waals surface area contributed by atoms with Crippen molar-refractivity contribution in [3.8, 4) is 22.6 Å². The van der Waals surface area contributed by atoms with Gasteiger partial charge in [-0.05, 0) is 70.8 Å². The van der Waals surface area contributed by atoms with Crippen LogP contribution in [0.5, 0.6) is 11.5 Å². The van der Waals surface area contributed by atoms with Crippen molar-refractivity contribution in [3.05, 3.63) is 120 Å². The van der Waals surface area contributed by atoms with E-state index in [1.807, 2.05) is 60.7 Å². The molecule has 0 aliphatic heterocycles. The van der Waals surface area contributed by atoms with E-state index in [0.717, 1.165) is 22.4 Å².